The Morgan fingerprint density at radius 3 is 2.62 bits per heavy atom. The lowest BCUT2D eigenvalue weighted by molar-refractivity contribution is 0.926. The summed E-state index contributed by atoms with van der Waals surface area (Å²) in [6.45, 7) is 4.04. The van der Waals surface area contributed by atoms with Gasteiger partial charge in [0.2, 0.25) is 0 Å². The van der Waals surface area contributed by atoms with Crippen LogP contribution in [0.2, 0.25) is 0 Å². The van der Waals surface area contributed by atoms with Crippen molar-refractivity contribution >= 4 is 12.2 Å². The topological polar surface area (TPSA) is 41.6 Å². The lowest BCUT2D eigenvalue weighted by Gasteiger charge is -2.08. The summed E-state index contributed by atoms with van der Waals surface area (Å²) in [6, 6.07) is 3.93. The molecule has 3 nitrogen and oxygen atoms in total. The maximum absolute atomic E-state index is 5.25. The van der Waals surface area contributed by atoms with Crippen molar-refractivity contribution in [2.45, 2.75) is 20.3 Å². The Labute approximate surface area is 99.6 Å². The highest BCUT2D eigenvalue weighted by Gasteiger charge is 2.05. The molecule has 2 aromatic rings. The van der Waals surface area contributed by atoms with E-state index in [1.807, 2.05) is 19.1 Å². The fraction of sp³-hybridized carbons (Fsp3) is 0.250. The molecule has 4 heteroatoms. The number of aromatic amines is 1. The summed E-state index contributed by atoms with van der Waals surface area (Å²) in [7, 11) is 0. The summed E-state index contributed by atoms with van der Waals surface area (Å²) in [4.78, 5) is 11.6. The molecule has 2 rings (SSSR count). The van der Waals surface area contributed by atoms with Crippen molar-refractivity contribution in [1.29, 1.82) is 0 Å². The first-order valence-corrected chi connectivity index (χ1v) is 5.63. The van der Waals surface area contributed by atoms with Crippen molar-refractivity contribution in [3.63, 3.8) is 0 Å². The maximum Gasteiger partial charge on any atom is 0.133 e. The monoisotopic (exact) mass is 231 g/mol. The number of nitrogens with one attached hydrogen (secondary N) is 1. The van der Waals surface area contributed by atoms with Gasteiger partial charge in [0.1, 0.15) is 10.5 Å². The largest absolute Gasteiger partial charge is 0.343 e. The molecule has 0 atom stereocenters. The van der Waals surface area contributed by atoms with Gasteiger partial charge in [0.15, 0.2) is 0 Å². The van der Waals surface area contributed by atoms with E-state index in [-0.39, 0.29) is 0 Å². The molecule has 0 amide bonds. The number of H-pyrrole nitrogens is 1. The minimum atomic E-state index is 0.669. The molecule has 0 aromatic carbocycles. The van der Waals surface area contributed by atoms with Crippen molar-refractivity contribution in [1.82, 2.24) is 15.0 Å². The van der Waals surface area contributed by atoms with Gasteiger partial charge in [-0.25, -0.2) is 4.98 Å². The Hall–Kier alpha value is -1.55. The molecule has 1 N–H and O–H groups in total. The van der Waals surface area contributed by atoms with Crippen LogP contribution >= 0.6 is 12.2 Å². The minimum Gasteiger partial charge on any atom is -0.343 e. The molecule has 0 saturated carbocycles. The van der Waals surface area contributed by atoms with Crippen LogP contribution < -0.4 is 0 Å². The van der Waals surface area contributed by atoms with Crippen LogP contribution in [0.15, 0.2) is 24.5 Å². The predicted octanol–water partition coefficient (Wildman–Crippen LogP) is 3.07. The summed E-state index contributed by atoms with van der Waals surface area (Å²) in [5.41, 5.74) is 3.15. The highest BCUT2D eigenvalue weighted by Crippen LogP contribution is 2.20. The van der Waals surface area contributed by atoms with Crippen LogP contribution in [0.25, 0.3) is 11.3 Å². The van der Waals surface area contributed by atoms with E-state index >= 15 is 0 Å². The molecule has 0 saturated heterocycles. The van der Waals surface area contributed by atoms with Crippen molar-refractivity contribution in [2.24, 2.45) is 0 Å². The first-order chi connectivity index (χ1) is 7.72. The average molecular weight is 231 g/mol. The van der Waals surface area contributed by atoms with Crippen LogP contribution in [0.5, 0.6) is 0 Å². The van der Waals surface area contributed by atoms with E-state index in [2.05, 4.69) is 21.9 Å². The van der Waals surface area contributed by atoms with Gasteiger partial charge in [-0.15, -0.1) is 0 Å². The Morgan fingerprint density at radius 2 is 2.00 bits per heavy atom. The third kappa shape index (κ3) is 2.02. The zero-order valence-corrected chi connectivity index (χ0v) is 10.1. The normalized spacial score (nSPS) is 10.4. The van der Waals surface area contributed by atoms with Gasteiger partial charge in [-0.3, -0.25) is 4.98 Å². The van der Waals surface area contributed by atoms with Gasteiger partial charge in [-0.2, -0.15) is 0 Å². The lowest BCUT2D eigenvalue weighted by atomic mass is 10.1. The van der Waals surface area contributed by atoms with E-state index < -0.39 is 0 Å². The van der Waals surface area contributed by atoms with Gasteiger partial charge in [0, 0.05) is 29.9 Å². The fourth-order valence-corrected chi connectivity index (χ4v) is 1.77. The average Bonchev–Trinajstić information content (AvgIpc) is 2.33. The Bertz CT molecular complexity index is 546. The Morgan fingerprint density at radius 1 is 1.31 bits per heavy atom. The van der Waals surface area contributed by atoms with Crippen molar-refractivity contribution in [3.8, 4) is 11.3 Å². The van der Waals surface area contributed by atoms with Crippen molar-refractivity contribution in [2.75, 3.05) is 0 Å². The highest BCUT2D eigenvalue weighted by molar-refractivity contribution is 7.71. The van der Waals surface area contributed by atoms with Crippen LogP contribution in [0.1, 0.15) is 18.3 Å². The molecular weight excluding hydrogens is 218 g/mol. The molecule has 0 fully saturated rings. The van der Waals surface area contributed by atoms with E-state index in [0.717, 1.165) is 29.1 Å². The minimum absolute atomic E-state index is 0.669. The highest BCUT2D eigenvalue weighted by atomic mass is 32.1. The number of hydrogen-bond acceptors (Lipinski definition) is 3. The molecule has 0 unspecified atom stereocenters. The molecule has 16 heavy (non-hydrogen) atoms. The molecule has 0 spiro atoms. The Kier molecular flexibility index (Phi) is 3.10. The van der Waals surface area contributed by atoms with Gasteiger partial charge in [0.25, 0.3) is 0 Å². The van der Waals surface area contributed by atoms with Gasteiger partial charge in [-0.1, -0.05) is 19.1 Å². The number of rotatable bonds is 2. The second-order valence-electron chi connectivity index (χ2n) is 3.58. The van der Waals surface area contributed by atoms with Gasteiger partial charge in [0.05, 0.1) is 5.69 Å². The number of aryl methyl sites for hydroxylation is 1. The number of nitrogens with zero attached hydrogens (tertiary/aromatic N) is 2. The summed E-state index contributed by atoms with van der Waals surface area (Å²) in [6.07, 6.45) is 4.40. The summed E-state index contributed by atoms with van der Waals surface area (Å²) >= 11 is 5.25. The van der Waals surface area contributed by atoms with E-state index in [1.54, 1.807) is 12.4 Å². The number of pyridine rings is 1. The standard InChI is InChI=1S/C12H13N3S/c1-3-10-14-11(8(2)12(16)15-10)9-4-6-13-7-5-9/h4-7H,3H2,1-2H3,(H,14,15,16). The quantitative estimate of drug-likeness (QED) is 0.808. The molecule has 0 aliphatic heterocycles. The zero-order chi connectivity index (χ0) is 11.5. The first kappa shape index (κ1) is 11.0. The zero-order valence-electron chi connectivity index (χ0n) is 9.32. The SMILES string of the molecule is CCc1nc(=S)c(C)c(-c2ccncc2)[nH]1. The van der Waals surface area contributed by atoms with Crippen LogP contribution in [0, 0.1) is 11.6 Å². The fourth-order valence-electron chi connectivity index (χ4n) is 1.55. The third-order valence-corrected chi connectivity index (χ3v) is 2.90. The van der Waals surface area contributed by atoms with Crippen molar-refractivity contribution < 1.29 is 0 Å². The van der Waals surface area contributed by atoms with E-state index in [4.69, 9.17) is 12.2 Å². The second kappa shape index (κ2) is 4.53. The molecule has 0 bridgehead atoms. The number of hydrogen-bond donors (Lipinski definition) is 1. The molecule has 0 aliphatic carbocycles. The number of aromatic nitrogens is 3. The molecule has 2 heterocycles. The van der Waals surface area contributed by atoms with Crippen LogP contribution in [-0.4, -0.2) is 15.0 Å². The smallest absolute Gasteiger partial charge is 0.133 e. The molecule has 0 radical (unpaired) electrons. The Balaban J connectivity index is 2.65. The van der Waals surface area contributed by atoms with Gasteiger partial charge >= 0.3 is 0 Å². The molecule has 0 aliphatic rings. The van der Waals surface area contributed by atoms with Crippen LogP contribution in [0.3, 0.4) is 0 Å². The van der Waals surface area contributed by atoms with E-state index in [1.165, 1.54) is 0 Å². The van der Waals surface area contributed by atoms with Gasteiger partial charge < -0.3 is 4.98 Å². The molecule has 2 aromatic heterocycles. The lowest BCUT2D eigenvalue weighted by Crippen LogP contribution is -1.99. The second-order valence-corrected chi connectivity index (χ2v) is 3.96. The first-order valence-electron chi connectivity index (χ1n) is 5.22. The van der Waals surface area contributed by atoms with Crippen molar-refractivity contribution in [3.05, 3.63) is 40.6 Å². The molecular formula is C12H13N3S. The van der Waals surface area contributed by atoms with Crippen LogP contribution in [-0.2, 0) is 6.42 Å². The summed E-state index contributed by atoms with van der Waals surface area (Å²) in [5.74, 6) is 0.919. The molecule has 82 valence electrons. The van der Waals surface area contributed by atoms with E-state index in [0.29, 0.717) is 4.64 Å². The summed E-state index contributed by atoms with van der Waals surface area (Å²) in [5, 5.41) is 0. The summed E-state index contributed by atoms with van der Waals surface area (Å²) < 4.78 is 0.669. The van der Waals surface area contributed by atoms with E-state index in [9.17, 15) is 0 Å². The predicted molar refractivity (Wildman–Crippen MR) is 66.8 cm³/mol. The maximum atomic E-state index is 5.25. The third-order valence-electron chi connectivity index (χ3n) is 2.51. The van der Waals surface area contributed by atoms with Gasteiger partial charge in [-0.05, 0) is 19.1 Å². The van der Waals surface area contributed by atoms with Crippen LogP contribution in [0.4, 0.5) is 0 Å².